The van der Waals surface area contributed by atoms with E-state index in [-0.39, 0.29) is 5.76 Å². The maximum absolute atomic E-state index is 10.2. The van der Waals surface area contributed by atoms with Gasteiger partial charge in [0.2, 0.25) is 0 Å². The number of rotatable bonds is 3. The van der Waals surface area contributed by atoms with E-state index in [1.54, 1.807) is 12.0 Å². The molecule has 0 saturated heterocycles. The molecular formula is C17H16N2O2. The maximum Gasteiger partial charge on any atom is 0.137 e. The lowest BCUT2D eigenvalue weighted by Crippen LogP contribution is -2.25. The van der Waals surface area contributed by atoms with Gasteiger partial charge in [-0.3, -0.25) is 5.41 Å². The van der Waals surface area contributed by atoms with E-state index in [9.17, 15) is 5.11 Å². The Balaban J connectivity index is 1.95. The van der Waals surface area contributed by atoms with Crippen LogP contribution in [0.1, 0.15) is 5.56 Å². The van der Waals surface area contributed by atoms with Crippen LogP contribution < -0.4 is 9.64 Å². The number of amidine groups is 1. The fourth-order valence-electron chi connectivity index (χ4n) is 2.49. The first-order valence-corrected chi connectivity index (χ1v) is 6.69. The summed E-state index contributed by atoms with van der Waals surface area (Å²) in [4.78, 5) is 1.76. The molecule has 0 saturated carbocycles. The Morgan fingerprint density at radius 1 is 1.10 bits per heavy atom. The Kier molecular flexibility index (Phi) is 3.36. The lowest BCUT2D eigenvalue weighted by molar-refractivity contribution is 0.410. The van der Waals surface area contributed by atoms with Gasteiger partial charge in [-0.1, -0.05) is 36.4 Å². The van der Waals surface area contributed by atoms with Gasteiger partial charge in [0.15, 0.2) is 0 Å². The summed E-state index contributed by atoms with van der Waals surface area (Å²) in [5, 5.41) is 18.6. The lowest BCUT2D eigenvalue weighted by Gasteiger charge is -2.19. The van der Waals surface area contributed by atoms with E-state index in [2.05, 4.69) is 0 Å². The number of hydrogen-bond acceptors (Lipinski definition) is 3. The van der Waals surface area contributed by atoms with Crippen LogP contribution in [0.3, 0.4) is 0 Å². The minimum atomic E-state index is 0.217. The molecule has 0 aliphatic carbocycles. The molecule has 0 bridgehead atoms. The van der Waals surface area contributed by atoms with Crippen LogP contribution in [0.2, 0.25) is 0 Å². The zero-order valence-electron chi connectivity index (χ0n) is 11.7. The van der Waals surface area contributed by atoms with Crippen molar-refractivity contribution in [2.24, 2.45) is 0 Å². The molecule has 1 aliphatic heterocycles. The highest BCUT2D eigenvalue weighted by Gasteiger charge is 2.29. The van der Waals surface area contributed by atoms with Crippen molar-refractivity contribution in [2.45, 2.75) is 0 Å². The number of aliphatic hydroxyl groups excluding tert-OH is 1. The molecule has 0 aromatic heterocycles. The molecule has 4 heteroatoms. The van der Waals surface area contributed by atoms with Crippen molar-refractivity contribution in [3.05, 3.63) is 65.9 Å². The molecule has 0 fully saturated rings. The maximum atomic E-state index is 10.2. The van der Waals surface area contributed by atoms with Crippen molar-refractivity contribution in [3.8, 4) is 5.75 Å². The van der Waals surface area contributed by atoms with Gasteiger partial charge < -0.3 is 14.7 Å². The monoisotopic (exact) mass is 280 g/mol. The normalized spacial score (nSPS) is 14.7. The molecule has 0 amide bonds. The number of nitrogens with one attached hydrogen (secondary N) is 1. The molecule has 106 valence electrons. The van der Waals surface area contributed by atoms with Crippen LogP contribution in [0.4, 0.5) is 5.69 Å². The number of hydrogen-bond donors (Lipinski definition) is 2. The SMILES string of the molecule is COc1cccc(N2CC(O)=C(c3ccccc3)C2=N)c1. The Morgan fingerprint density at radius 2 is 1.86 bits per heavy atom. The lowest BCUT2D eigenvalue weighted by atomic mass is 10.1. The minimum Gasteiger partial charge on any atom is -0.510 e. The van der Waals surface area contributed by atoms with Gasteiger partial charge in [-0.15, -0.1) is 0 Å². The van der Waals surface area contributed by atoms with Crippen LogP contribution in [-0.2, 0) is 0 Å². The topological polar surface area (TPSA) is 56.6 Å². The van der Waals surface area contributed by atoms with Crippen molar-refractivity contribution < 1.29 is 9.84 Å². The number of aliphatic hydroxyl groups is 1. The highest BCUT2D eigenvalue weighted by molar-refractivity contribution is 6.30. The van der Waals surface area contributed by atoms with Crippen molar-refractivity contribution in [1.29, 1.82) is 5.41 Å². The van der Waals surface area contributed by atoms with Crippen LogP contribution in [-0.4, -0.2) is 24.6 Å². The quantitative estimate of drug-likeness (QED) is 0.905. The molecule has 1 aliphatic rings. The van der Waals surface area contributed by atoms with E-state index in [1.165, 1.54) is 0 Å². The molecule has 0 unspecified atom stereocenters. The molecule has 21 heavy (non-hydrogen) atoms. The molecule has 2 N–H and O–H groups in total. The standard InChI is InChI=1S/C17H16N2O2/c1-21-14-9-5-8-13(10-14)19-11-15(20)16(17(19)18)12-6-3-2-4-7-12/h2-10,18,20H,11H2,1H3. The van der Waals surface area contributed by atoms with E-state index < -0.39 is 0 Å². The molecule has 2 aromatic rings. The second kappa shape index (κ2) is 5.32. The molecule has 0 spiro atoms. The average molecular weight is 280 g/mol. The molecule has 0 atom stereocenters. The Hall–Kier alpha value is -2.75. The van der Waals surface area contributed by atoms with Crippen LogP contribution in [0.25, 0.3) is 5.57 Å². The fourth-order valence-corrected chi connectivity index (χ4v) is 2.49. The molecule has 2 aromatic carbocycles. The smallest absolute Gasteiger partial charge is 0.137 e. The van der Waals surface area contributed by atoms with Crippen molar-refractivity contribution in [1.82, 2.24) is 0 Å². The molecule has 0 radical (unpaired) electrons. The summed E-state index contributed by atoms with van der Waals surface area (Å²) in [5.74, 6) is 1.24. The predicted molar refractivity (Wildman–Crippen MR) is 84.1 cm³/mol. The number of ether oxygens (including phenoxy) is 1. The summed E-state index contributed by atoms with van der Waals surface area (Å²) in [5.41, 5.74) is 2.26. The van der Waals surface area contributed by atoms with Gasteiger partial charge in [0.25, 0.3) is 0 Å². The second-order valence-corrected chi connectivity index (χ2v) is 4.82. The van der Waals surface area contributed by atoms with Gasteiger partial charge in [0.05, 0.1) is 19.2 Å². The Labute approximate surface area is 123 Å². The minimum absolute atomic E-state index is 0.217. The summed E-state index contributed by atoms with van der Waals surface area (Å²) in [7, 11) is 1.61. The Bertz CT molecular complexity index is 708. The number of methoxy groups -OCH3 is 1. The van der Waals surface area contributed by atoms with Gasteiger partial charge in [-0.05, 0) is 17.7 Å². The number of anilines is 1. The largest absolute Gasteiger partial charge is 0.510 e. The first kappa shape index (κ1) is 13.2. The first-order valence-electron chi connectivity index (χ1n) is 6.69. The van der Waals surface area contributed by atoms with Gasteiger partial charge in [-0.25, -0.2) is 0 Å². The van der Waals surface area contributed by atoms with Crippen LogP contribution in [0, 0.1) is 5.41 Å². The number of benzene rings is 2. The molecule has 3 rings (SSSR count). The van der Waals surface area contributed by atoms with Crippen LogP contribution >= 0.6 is 0 Å². The van der Waals surface area contributed by atoms with Crippen molar-refractivity contribution >= 4 is 17.1 Å². The fraction of sp³-hybridized carbons (Fsp3) is 0.118. The zero-order chi connectivity index (χ0) is 14.8. The summed E-state index contributed by atoms with van der Waals surface area (Å²) in [6, 6.07) is 17.0. The third kappa shape index (κ3) is 2.36. The second-order valence-electron chi connectivity index (χ2n) is 4.82. The Morgan fingerprint density at radius 3 is 2.57 bits per heavy atom. The van der Waals surface area contributed by atoms with Gasteiger partial charge >= 0.3 is 0 Å². The third-order valence-corrected chi connectivity index (χ3v) is 3.53. The summed E-state index contributed by atoms with van der Waals surface area (Å²) in [6.07, 6.45) is 0. The predicted octanol–water partition coefficient (Wildman–Crippen LogP) is 3.46. The van der Waals surface area contributed by atoms with Gasteiger partial charge in [-0.2, -0.15) is 0 Å². The highest BCUT2D eigenvalue weighted by Crippen LogP contribution is 2.32. The average Bonchev–Trinajstić information content (AvgIpc) is 2.83. The van der Waals surface area contributed by atoms with Crippen LogP contribution in [0.5, 0.6) is 5.75 Å². The van der Waals surface area contributed by atoms with E-state index in [0.29, 0.717) is 18.0 Å². The number of nitrogens with zero attached hydrogens (tertiary/aromatic N) is 1. The van der Waals surface area contributed by atoms with Crippen molar-refractivity contribution in [3.63, 3.8) is 0 Å². The van der Waals surface area contributed by atoms with E-state index in [0.717, 1.165) is 17.0 Å². The third-order valence-electron chi connectivity index (χ3n) is 3.53. The molecular weight excluding hydrogens is 264 g/mol. The zero-order valence-corrected chi connectivity index (χ0v) is 11.7. The van der Waals surface area contributed by atoms with Gasteiger partial charge in [0, 0.05) is 11.8 Å². The van der Waals surface area contributed by atoms with Crippen LogP contribution in [0.15, 0.2) is 60.4 Å². The van der Waals surface area contributed by atoms with E-state index >= 15 is 0 Å². The summed E-state index contributed by atoms with van der Waals surface area (Å²) < 4.78 is 5.21. The van der Waals surface area contributed by atoms with E-state index in [4.69, 9.17) is 10.1 Å². The van der Waals surface area contributed by atoms with E-state index in [1.807, 2.05) is 54.6 Å². The van der Waals surface area contributed by atoms with Crippen molar-refractivity contribution in [2.75, 3.05) is 18.6 Å². The first-order chi connectivity index (χ1) is 10.2. The summed E-state index contributed by atoms with van der Waals surface area (Å²) >= 11 is 0. The molecule has 4 nitrogen and oxygen atoms in total. The van der Waals surface area contributed by atoms with Gasteiger partial charge in [0.1, 0.15) is 17.3 Å². The molecule has 1 heterocycles. The highest BCUT2D eigenvalue weighted by atomic mass is 16.5. The summed E-state index contributed by atoms with van der Waals surface area (Å²) in [6.45, 7) is 0.302.